The van der Waals surface area contributed by atoms with Crippen LogP contribution >= 0.6 is 11.6 Å². The van der Waals surface area contributed by atoms with Crippen molar-refractivity contribution < 1.29 is 22.7 Å². The summed E-state index contributed by atoms with van der Waals surface area (Å²) in [4.78, 5) is 11.7. The second-order valence-electron chi connectivity index (χ2n) is 4.57. The summed E-state index contributed by atoms with van der Waals surface area (Å²) in [6, 6.07) is 3.25. The molecule has 20 heavy (non-hydrogen) atoms. The molecule has 1 aromatic carbocycles. The highest BCUT2D eigenvalue weighted by atomic mass is 35.5. The molecule has 2 rings (SSSR count). The van der Waals surface area contributed by atoms with E-state index < -0.39 is 17.6 Å². The third-order valence-electron chi connectivity index (χ3n) is 3.00. The molecule has 1 unspecified atom stereocenters. The van der Waals surface area contributed by atoms with Crippen molar-refractivity contribution in [2.24, 2.45) is 0 Å². The molecule has 110 valence electrons. The van der Waals surface area contributed by atoms with E-state index in [1.54, 1.807) is 0 Å². The number of anilines is 1. The number of ether oxygens (including phenoxy) is 1. The van der Waals surface area contributed by atoms with Crippen LogP contribution in [0.2, 0.25) is 5.02 Å². The number of alkyl halides is 3. The summed E-state index contributed by atoms with van der Waals surface area (Å²) in [6.07, 6.45) is -3.11. The number of rotatable bonds is 3. The molecule has 1 N–H and O–H groups in total. The topological polar surface area (TPSA) is 38.3 Å². The monoisotopic (exact) mass is 307 g/mol. The van der Waals surface area contributed by atoms with Gasteiger partial charge in [0.2, 0.25) is 5.91 Å². The van der Waals surface area contributed by atoms with Crippen LogP contribution in [-0.4, -0.2) is 18.6 Å². The van der Waals surface area contributed by atoms with Crippen LogP contribution in [0.3, 0.4) is 0 Å². The molecule has 1 aliphatic rings. The average Bonchev–Trinajstić information content (AvgIpc) is 2.82. The molecule has 7 heteroatoms. The fourth-order valence-electron chi connectivity index (χ4n) is 2.07. The summed E-state index contributed by atoms with van der Waals surface area (Å²) >= 11 is 5.56. The lowest BCUT2D eigenvalue weighted by Crippen LogP contribution is -2.21. The van der Waals surface area contributed by atoms with Gasteiger partial charge in [0, 0.05) is 11.6 Å². The van der Waals surface area contributed by atoms with E-state index in [9.17, 15) is 18.0 Å². The van der Waals surface area contributed by atoms with E-state index >= 15 is 0 Å². The minimum Gasteiger partial charge on any atom is -0.378 e. The van der Waals surface area contributed by atoms with Crippen LogP contribution in [0.15, 0.2) is 18.2 Å². The molecule has 0 aromatic heterocycles. The third-order valence-corrected chi connectivity index (χ3v) is 3.23. The molecule has 1 aromatic rings. The zero-order valence-corrected chi connectivity index (χ0v) is 11.2. The Bertz CT molecular complexity index is 499. The SMILES string of the molecule is O=C(CC1CCCO1)Nc1ccc(Cl)cc1C(F)(F)F. The molecule has 0 saturated carbocycles. The van der Waals surface area contributed by atoms with Crippen molar-refractivity contribution in [3.05, 3.63) is 28.8 Å². The number of hydrogen-bond donors (Lipinski definition) is 1. The highest BCUT2D eigenvalue weighted by molar-refractivity contribution is 6.30. The van der Waals surface area contributed by atoms with E-state index in [2.05, 4.69) is 5.32 Å². The maximum atomic E-state index is 12.8. The van der Waals surface area contributed by atoms with Gasteiger partial charge in [-0.25, -0.2) is 0 Å². The summed E-state index contributed by atoms with van der Waals surface area (Å²) in [5.74, 6) is -0.496. The number of carbonyl (C=O) groups is 1. The van der Waals surface area contributed by atoms with Gasteiger partial charge in [0.1, 0.15) is 0 Å². The largest absolute Gasteiger partial charge is 0.418 e. The van der Waals surface area contributed by atoms with Gasteiger partial charge < -0.3 is 10.1 Å². The Morgan fingerprint density at radius 2 is 2.20 bits per heavy atom. The van der Waals surface area contributed by atoms with Gasteiger partial charge in [-0.3, -0.25) is 4.79 Å². The van der Waals surface area contributed by atoms with Gasteiger partial charge in [-0.2, -0.15) is 13.2 Å². The molecule has 1 aliphatic heterocycles. The maximum Gasteiger partial charge on any atom is 0.418 e. The van der Waals surface area contributed by atoms with Crippen molar-refractivity contribution in [3.8, 4) is 0 Å². The fraction of sp³-hybridized carbons (Fsp3) is 0.462. The van der Waals surface area contributed by atoms with Crippen molar-refractivity contribution in [2.45, 2.75) is 31.5 Å². The molecule has 1 amide bonds. The van der Waals surface area contributed by atoms with E-state index in [4.69, 9.17) is 16.3 Å². The Morgan fingerprint density at radius 3 is 2.80 bits per heavy atom. The van der Waals surface area contributed by atoms with Crippen LogP contribution in [0.1, 0.15) is 24.8 Å². The second-order valence-corrected chi connectivity index (χ2v) is 5.01. The maximum absolute atomic E-state index is 12.8. The molecule has 1 saturated heterocycles. The molecule has 1 heterocycles. The van der Waals surface area contributed by atoms with E-state index in [1.807, 2.05) is 0 Å². The number of hydrogen-bond acceptors (Lipinski definition) is 2. The van der Waals surface area contributed by atoms with E-state index in [0.717, 1.165) is 25.0 Å². The normalized spacial score (nSPS) is 19.1. The number of carbonyl (C=O) groups excluding carboxylic acids is 1. The van der Waals surface area contributed by atoms with Gasteiger partial charge in [-0.05, 0) is 31.0 Å². The van der Waals surface area contributed by atoms with Crippen molar-refractivity contribution in [1.29, 1.82) is 0 Å². The van der Waals surface area contributed by atoms with E-state index in [1.165, 1.54) is 6.07 Å². The number of benzene rings is 1. The van der Waals surface area contributed by atoms with Gasteiger partial charge in [0.15, 0.2) is 0 Å². The van der Waals surface area contributed by atoms with Gasteiger partial charge in [0.05, 0.1) is 23.8 Å². The molecule has 1 atom stereocenters. The molecule has 0 radical (unpaired) electrons. The smallest absolute Gasteiger partial charge is 0.378 e. The van der Waals surface area contributed by atoms with Crippen LogP contribution in [0.4, 0.5) is 18.9 Å². The summed E-state index contributed by atoms with van der Waals surface area (Å²) in [5, 5.41) is 2.24. The van der Waals surface area contributed by atoms with Crippen LogP contribution in [0.25, 0.3) is 0 Å². The first-order valence-electron chi connectivity index (χ1n) is 6.14. The van der Waals surface area contributed by atoms with E-state index in [-0.39, 0.29) is 23.2 Å². The van der Waals surface area contributed by atoms with Crippen LogP contribution in [0.5, 0.6) is 0 Å². The number of nitrogens with one attached hydrogen (secondary N) is 1. The standard InChI is InChI=1S/C13H13ClF3NO2/c14-8-3-4-11(10(6-8)13(15,16)17)18-12(19)7-9-2-1-5-20-9/h3-4,6,9H,1-2,5,7H2,(H,18,19). The zero-order chi connectivity index (χ0) is 14.8. The Kier molecular flexibility index (Phi) is 4.55. The van der Waals surface area contributed by atoms with Gasteiger partial charge in [0.25, 0.3) is 0 Å². The van der Waals surface area contributed by atoms with E-state index in [0.29, 0.717) is 6.61 Å². The van der Waals surface area contributed by atoms with Gasteiger partial charge in [-0.15, -0.1) is 0 Å². The summed E-state index contributed by atoms with van der Waals surface area (Å²) in [6.45, 7) is 0.590. The predicted octanol–water partition coefficient (Wildman–Crippen LogP) is 3.87. The van der Waals surface area contributed by atoms with Crippen molar-refractivity contribution >= 4 is 23.2 Å². The Labute approximate surface area is 119 Å². The Hall–Kier alpha value is -1.27. The first-order chi connectivity index (χ1) is 9.36. The molecule has 0 aliphatic carbocycles. The summed E-state index contributed by atoms with van der Waals surface area (Å²) in [7, 11) is 0. The minimum absolute atomic E-state index is 0.0329. The Balaban J connectivity index is 2.10. The quantitative estimate of drug-likeness (QED) is 0.920. The first kappa shape index (κ1) is 15.1. The number of amides is 1. The highest BCUT2D eigenvalue weighted by Gasteiger charge is 2.34. The molecular weight excluding hydrogens is 295 g/mol. The summed E-state index contributed by atoms with van der Waals surface area (Å²) < 4.78 is 43.8. The highest BCUT2D eigenvalue weighted by Crippen LogP contribution is 2.36. The van der Waals surface area contributed by atoms with Gasteiger partial charge >= 0.3 is 6.18 Å². The summed E-state index contributed by atoms with van der Waals surface area (Å²) in [5.41, 5.74) is -1.24. The van der Waals surface area contributed by atoms with Crippen LogP contribution in [-0.2, 0) is 15.7 Å². The van der Waals surface area contributed by atoms with Crippen LogP contribution in [0, 0.1) is 0 Å². The molecule has 0 spiro atoms. The van der Waals surface area contributed by atoms with Crippen molar-refractivity contribution in [3.63, 3.8) is 0 Å². The van der Waals surface area contributed by atoms with Crippen molar-refractivity contribution in [1.82, 2.24) is 0 Å². The molecule has 0 bridgehead atoms. The molecule has 1 fully saturated rings. The zero-order valence-electron chi connectivity index (χ0n) is 10.5. The second kappa shape index (κ2) is 6.01. The van der Waals surface area contributed by atoms with Crippen molar-refractivity contribution in [2.75, 3.05) is 11.9 Å². The average molecular weight is 308 g/mol. The third kappa shape index (κ3) is 3.86. The lowest BCUT2D eigenvalue weighted by Gasteiger charge is -2.15. The lowest BCUT2D eigenvalue weighted by atomic mass is 10.1. The minimum atomic E-state index is -4.57. The number of halogens is 4. The van der Waals surface area contributed by atoms with Gasteiger partial charge in [-0.1, -0.05) is 11.6 Å². The molecule has 3 nitrogen and oxygen atoms in total. The molecular formula is C13H13ClF3NO2. The van der Waals surface area contributed by atoms with Crippen LogP contribution < -0.4 is 5.32 Å². The lowest BCUT2D eigenvalue weighted by molar-refractivity contribution is -0.137. The first-order valence-corrected chi connectivity index (χ1v) is 6.52. The predicted molar refractivity (Wildman–Crippen MR) is 68.7 cm³/mol. The Morgan fingerprint density at radius 1 is 1.45 bits per heavy atom. The fourth-order valence-corrected chi connectivity index (χ4v) is 2.25.